The number of nitrogens with zero attached hydrogens (tertiary/aromatic N) is 4. The molecule has 1 fully saturated rings. The Morgan fingerprint density at radius 1 is 1.03 bits per heavy atom. The first kappa shape index (κ1) is 23.5. The number of hydrogen-bond acceptors (Lipinski definition) is 3. The Bertz CT molecular complexity index is 1110. The fourth-order valence-corrected chi connectivity index (χ4v) is 5.44. The predicted octanol–water partition coefficient (Wildman–Crippen LogP) is 5.03. The molecule has 2 atom stereocenters. The predicted molar refractivity (Wildman–Crippen MR) is 140 cm³/mol. The molecule has 0 spiro atoms. The molecule has 6 heteroatoms. The van der Waals surface area contributed by atoms with Crippen LogP contribution in [0.25, 0.3) is 5.69 Å². The van der Waals surface area contributed by atoms with Crippen LogP contribution in [0.1, 0.15) is 52.3 Å². The third-order valence-electron chi connectivity index (χ3n) is 6.46. The number of pyridine rings is 1. The van der Waals surface area contributed by atoms with Crippen molar-refractivity contribution in [3.8, 4) is 5.69 Å². The summed E-state index contributed by atoms with van der Waals surface area (Å²) in [6, 6.07) is 15.3. The Hall–Kier alpha value is -2.70. The molecule has 1 aromatic carbocycles. The summed E-state index contributed by atoms with van der Waals surface area (Å²) in [6.45, 7) is 10.7. The van der Waals surface area contributed by atoms with E-state index < -0.39 is 0 Å². The molecule has 0 unspecified atom stereocenters. The highest BCUT2D eigenvalue weighted by molar-refractivity contribution is 7.80. The molecular formula is C27H35N5S. The second-order valence-electron chi connectivity index (χ2n) is 9.48. The molecule has 3 heterocycles. The molecule has 0 radical (unpaired) electrons. The Kier molecular flexibility index (Phi) is 6.86. The monoisotopic (exact) mass is 461 g/mol. The van der Waals surface area contributed by atoms with E-state index in [2.05, 4.69) is 97.9 Å². The first-order valence-electron chi connectivity index (χ1n) is 11.7. The minimum atomic E-state index is 0.0197. The SMILES string of the molecule is Cc1cc(C)cc(-n2c(C)cc([C@H]3[C@@H](c4ccccn4)NC(=S)N3CCCN(C)C)c2C)c1. The number of aromatic nitrogens is 2. The molecule has 1 aliphatic heterocycles. The highest BCUT2D eigenvalue weighted by Gasteiger charge is 2.41. The van der Waals surface area contributed by atoms with E-state index in [9.17, 15) is 0 Å². The van der Waals surface area contributed by atoms with Gasteiger partial charge in [0.1, 0.15) is 0 Å². The van der Waals surface area contributed by atoms with Crippen LogP contribution in [0.15, 0.2) is 48.7 Å². The Balaban J connectivity index is 1.78. The maximum Gasteiger partial charge on any atom is 0.170 e. The van der Waals surface area contributed by atoms with Crippen LogP contribution in [0.2, 0.25) is 0 Å². The fourth-order valence-electron chi connectivity index (χ4n) is 5.11. The average molecular weight is 462 g/mol. The van der Waals surface area contributed by atoms with Gasteiger partial charge in [-0.1, -0.05) is 12.1 Å². The molecule has 4 rings (SSSR count). The highest BCUT2D eigenvalue weighted by atomic mass is 32.1. The van der Waals surface area contributed by atoms with Gasteiger partial charge in [-0.05, 0) is 114 Å². The van der Waals surface area contributed by atoms with E-state index in [0.717, 1.165) is 30.3 Å². The van der Waals surface area contributed by atoms with Gasteiger partial charge in [0.25, 0.3) is 0 Å². The number of benzene rings is 1. The molecule has 0 amide bonds. The van der Waals surface area contributed by atoms with Gasteiger partial charge in [0, 0.05) is 29.8 Å². The topological polar surface area (TPSA) is 36.3 Å². The van der Waals surface area contributed by atoms with Gasteiger partial charge in [0.15, 0.2) is 5.11 Å². The second-order valence-corrected chi connectivity index (χ2v) is 9.87. The maximum absolute atomic E-state index is 5.85. The van der Waals surface area contributed by atoms with E-state index in [1.807, 2.05) is 12.3 Å². The Labute approximate surface area is 203 Å². The van der Waals surface area contributed by atoms with Gasteiger partial charge in [-0.15, -0.1) is 0 Å². The maximum atomic E-state index is 5.85. The molecule has 3 aromatic rings. The van der Waals surface area contributed by atoms with Gasteiger partial charge in [-0.2, -0.15) is 0 Å². The van der Waals surface area contributed by atoms with Crippen molar-refractivity contribution in [3.05, 3.63) is 82.4 Å². The second kappa shape index (κ2) is 9.65. The summed E-state index contributed by atoms with van der Waals surface area (Å²) in [5.74, 6) is 0. The fraction of sp³-hybridized carbons (Fsp3) is 0.407. The minimum Gasteiger partial charge on any atom is -0.352 e. The third kappa shape index (κ3) is 4.82. The van der Waals surface area contributed by atoms with Crippen LogP contribution in [-0.4, -0.2) is 51.6 Å². The largest absolute Gasteiger partial charge is 0.352 e. The lowest BCUT2D eigenvalue weighted by atomic mass is 9.96. The van der Waals surface area contributed by atoms with Crippen molar-refractivity contribution in [2.75, 3.05) is 27.2 Å². The van der Waals surface area contributed by atoms with Crippen LogP contribution >= 0.6 is 12.2 Å². The van der Waals surface area contributed by atoms with E-state index >= 15 is 0 Å². The van der Waals surface area contributed by atoms with Crippen LogP contribution < -0.4 is 5.32 Å². The van der Waals surface area contributed by atoms with Gasteiger partial charge < -0.3 is 19.7 Å². The normalized spacial score (nSPS) is 18.3. The quantitative estimate of drug-likeness (QED) is 0.500. The van der Waals surface area contributed by atoms with Crippen molar-refractivity contribution in [1.29, 1.82) is 0 Å². The van der Waals surface area contributed by atoms with Crippen molar-refractivity contribution in [2.45, 2.75) is 46.2 Å². The van der Waals surface area contributed by atoms with Crippen molar-refractivity contribution in [1.82, 2.24) is 24.7 Å². The standard InChI is InChI=1S/C27H35N5S/c1-18-14-19(2)16-22(15-18)32-20(3)17-23(21(32)4)26-25(24-10-7-8-11-28-24)29-27(33)31(26)13-9-12-30(5)6/h7-8,10-11,14-17,25-26H,9,12-13H2,1-6H3,(H,29,33)/t25-,26+/m1/s1. The molecule has 0 bridgehead atoms. The van der Waals surface area contributed by atoms with E-state index in [1.54, 1.807) is 0 Å². The summed E-state index contributed by atoms with van der Waals surface area (Å²) in [7, 11) is 4.23. The van der Waals surface area contributed by atoms with E-state index in [1.165, 1.54) is 33.8 Å². The lowest BCUT2D eigenvalue weighted by Crippen LogP contribution is -2.32. The smallest absolute Gasteiger partial charge is 0.170 e. The number of thiocarbonyl (C=S) groups is 1. The van der Waals surface area contributed by atoms with Gasteiger partial charge in [0.2, 0.25) is 0 Å². The zero-order valence-corrected chi connectivity index (χ0v) is 21.4. The summed E-state index contributed by atoms with van der Waals surface area (Å²) >= 11 is 5.85. The van der Waals surface area contributed by atoms with E-state index in [0.29, 0.717) is 0 Å². The lowest BCUT2D eigenvalue weighted by Gasteiger charge is -2.28. The van der Waals surface area contributed by atoms with Gasteiger partial charge in [0.05, 0.1) is 17.8 Å². The van der Waals surface area contributed by atoms with Crippen LogP contribution in [0.4, 0.5) is 0 Å². The van der Waals surface area contributed by atoms with Crippen molar-refractivity contribution < 1.29 is 0 Å². The van der Waals surface area contributed by atoms with Crippen molar-refractivity contribution in [3.63, 3.8) is 0 Å². The first-order chi connectivity index (χ1) is 15.8. The molecule has 1 aliphatic rings. The molecular weight excluding hydrogens is 426 g/mol. The number of hydrogen-bond donors (Lipinski definition) is 1. The van der Waals surface area contributed by atoms with Crippen molar-refractivity contribution >= 4 is 17.3 Å². The molecule has 1 N–H and O–H groups in total. The van der Waals surface area contributed by atoms with E-state index in [-0.39, 0.29) is 12.1 Å². The average Bonchev–Trinajstić information content (AvgIpc) is 3.23. The summed E-state index contributed by atoms with van der Waals surface area (Å²) in [4.78, 5) is 9.28. The molecule has 33 heavy (non-hydrogen) atoms. The Morgan fingerprint density at radius 2 is 1.76 bits per heavy atom. The highest BCUT2D eigenvalue weighted by Crippen LogP contribution is 2.41. The molecule has 0 saturated carbocycles. The molecule has 5 nitrogen and oxygen atoms in total. The number of nitrogens with one attached hydrogen (secondary N) is 1. The van der Waals surface area contributed by atoms with Crippen LogP contribution in [0.5, 0.6) is 0 Å². The van der Waals surface area contributed by atoms with Gasteiger partial charge in [-0.25, -0.2) is 0 Å². The van der Waals surface area contributed by atoms with Gasteiger partial charge in [-0.3, -0.25) is 4.98 Å². The number of aryl methyl sites for hydroxylation is 3. The summed E-state index contributed by atoms with van der Waals surface area (Å²) < 4.78 is 2.38. The Morgan fingerprint density at radius 3 is 2.39 bits per heavy atom. The van der Waals surface area contributed by atoms with Crippen molar-refractivity contribution in [2.24, 2.45) is 0 Å². The van der Waals surface area contributed by atoms with E-state index in [4.69, 9.17) is 17.2 Å². The molecule has 174 valence electrons. The van der Waals surface area contributed by atoms with Crippen LogP contribution in [-0.2, 0) is 0 Å². The van der Waals surface area contributed by atoms with Crippen LogP contribution in [0, 0.1) is 27.7 Å². The molecule has 1 saturated heterocycles. The molecule has 0 aliphatic carbocycles. The van der Waals surface area contributed by atoms with Gasteiger partial charge >= 0.3 is 0 Å². The minimum absolute atomic E-state index is 0.0197. The van der Waals surface area contributed by atoms with Crippen LogP contribution in [0.3, 0.4) is 0 Å². The summed E-state index contributed by atoms with van der Waals surface area (Å²) in [5.41, 5.74) is 8.59. The summed E-state index contributed by atoms with van der Waals surface area (Å²) in [6.07, 6.45) is 2.92. The zero-order valence-electron chi connectivity index (χ0n) is 20.6. The molecule has 2 aromatic heterocycles. The zero-order chi connectivity index (χ0) is 23.7. The number of rotatable bonds is 7. The lowest BCUT2D eigenvalue weighted by molar-refractivity contribution is 0.292. The third-order valence-corrected chi connectivity index (χ3v) is 6.81. The first-order valence-corrected chi connectivity index (χ1v) is 12.1. The summed E-state index contributed by atoms with van der Waals surface area (Å²) in [5, 5.41) is 4.40.